The van der Waals surface area contributed by atoms with Crippen molar-refractivity contribution in [2.45, 2.75) is 57.7 Å². The lowest BCUT2D eigenvalue weighted by molar-refractivity contribution is -0.140. The maximum atomic E-state index is 12.5. The van der Waals surface area contributed by atoms with Crippen LogP contribution in [-0.2, 0) is 4.79 Å². The molecule has 4 atom stereocenters. The Morgan fingerprint density at radius 3 is 2.82 bits per heavy atom. The topological polar surface area (TPSA) is 58.4 Å². The van der Waals surface area contributed by atoms with Crippen LogP contribution in [0.25, 0.3) is 0 Å². The molecular weight excluding hydrogens is 214 g/mol. The summed E-state index contributed by atoms with van der Waals surface area (Å²) in [6.07, 6.45) is 4.09. The molecule has 17 heavy (non-hydrogen) atoms. The first-order valence-electron chi connectivity index (χ1n) is 6.89. The summed E-state index contributed by atoms with van der Waals surface area (Å²) >= 11 is 0. The molecule has 1 aliphatic heterocycles. The fourth-order valence-corrected chi connectivity index (χ4v) is 3.05. The van der Waals surface area contributed by atoms with E-state index in [4.69, 9.17) is 5.73 Å². The number of carbonyl (C=O) groups excluding carboxylic acids is 1. The summed E-state index contributed by atoms with van der Waals surface area (Å²) in [5.74, 6) is 0.507. The minimum Gasteiger partial charge on any atom is -0.337 e. The third-order valence-corrected chi connectivity index (χ3v) is 4.38. The number of nitrogens with zero attached hydrogens (tertiary/aromatic N) is 1. The molecule has 2 aliphatic rings. The summed E-state index contributed by atoms with van der Waals surface area (Å²) in [4.78, 5) is 14.6. The average molecular weight is 239 g/mol. The molecule has 0 aromatic carbocycles. The molecule has 2 fully saturated rings. The second kappa shape index (κ2) is 5.36. The molecule has 2 rings (SSSR count). The van der Waals surface area contributed by atoms with Gasteiger partial charge in [-0.05, 0) is 33.1 Å². The number of hydrogen-bond acceptors (Lipinski definition) is 3. The number of piperazine rings is 1. The third kappa shape index (κ3) is 2.80. The summed E-state index contributed by atoms with van der Waals surface area (Å²) in [5.41, 5.74) is 5.97. The van der Waals surface area contributed by atoms with Crippen molar-refractivity contribution in [3.05, 3.63) is 0 Å². The van der Waals surface area contributed by atoms with Gasteiger partial charge in [0.05, 0.1) is 0 Å². The summed E-state index contributed by atoms with van der Waals surface area (Å²) < 4.78 is 0. The molecular formula is C13H25N3O. The van der Waals surface area contributed by atoms with E-state index in [1.165, 1.54) is 0 Å². The van der Waals surface area contributed by atoms with Crippen LogP contribution in [-0.4, -0.2) is 42.0 Å². The zero-order valence-corrected chi connectivity index (χ0v) is 11.0. The maximum Gasteiger partial charge on any atom is 0.226 e. The molecule has 98 valence electrons. The number of rotatable bonds is 1. The summed E-state index contributed by atoms with van der Waals surface area (Å²) in [5, 5.41) is 3.41. The molecule has 0 spiro atoms. The van der Waals surface area contributed by atoms with Gasteiger partial charge in [0.2, 0.25) is 5.91 Å². The van der Waals surface area contributed by atoms with Gasteiger partial charge in [-0.1, -0.05) is 6.42 Å². The lowest BCUT2D eigenvalue weighted by Crippen LogP contribution is -2.58. The Morgan fingerprint density at radius 1 is 1.35 bits per heavy atom. The molecule has 4 unspecified atom stereocenters. The normalized spacial score (nSPS) is 39.1. The van der Waals surface area contributed by atoms with Gasteiger partial charge in [0.25, 0.3) is 0 Å². The van der Waals surface area contributed by atoms with Gasteiger partial charge in [-0.25, -0.2) is 0 Å². The maximum absolute atomic E-state index is 12.5. The zero-order chi connectivity index (χ0) is 12.4. The van der Waals surface area contributed by atoms with Crippen LogP contribution in [0.15, 0.2) is 0 Å². The first kappa shape index (κ1) is 12.8. The monoisotopic (exact) mass is 239 g/mol. The Labute approximate surface area is 104 Å². The predicted molar refractivity (Wildman–Crippen MR) is 68.6 cm³/mol. The van der Waals surface area contributed by atoms with E-state index in [1.807, 2.05) is 0 Å². The standard InChI is InChI=1S/C13H25N3O/c1-9-10(2)16(7-6-15-9)13(17)11-4-3-5-12(14)8-11/h9-12,15H,3-8,14H2,1-2H3. The Balaban J connectivity index is 1.98. The molecule has 1 heterocycles. The van der Waals surface area contributed by atoms with E-state index in [2.05, 4.69) is 24.1 Å². The molecule has 0 bridgehead atoms. The van der Waals surface area contributed by atoms with Crippen LogP contribution in [0.5, 0.6) is 0 Å². The van der Waals surface area contributed by atoms with Crippen LogP contribution >= 0.6 is 0 Å². The Hall–Kier alpha value is -0.610. The van der Waals surface area contributed by atoms with E-state index in [0.717, 1.165) is 38.8 Å². The predicted octanol–water partition coefficient (Wildman–Crippen LogP) is 0.713. The van der Waals surface area contributed by atoms with Gasteiger partial charge < -0.3 is 16.0 Å². The summed E-state index contributed by atoms with van der Waals surface area (Å²) in [6.45, 7) is 6.04. The van der Waals surface area contributed by atoms with Crippen LogP contribution in [0.4, 0.5) is 0 Å². The van der Waals surface area contributed by atoms with E-state index in [1.54, 1.807) is 0 Å². The molecule has 4 heteroatoms. The van der Waals surface area contributed by atoms with Crippen molar-refractivity contribution in [2.75, 3.05) is 13.1 Å². The van der Waals surface area contributed by atoms with Gasteiger partial charge in [0, 0.05) is 37.1 Å². The molecule has 1 amide bonds. The van der Waals surface area contributed by atoms with Gasteiger partial charge in [-0.2, -0.15) is 0 Å². The minimum absolute atomic E-state index is 0.173. The number of carbonyl (C=O) groups is 1. The Morgan fingerprint density at radius 2 is 2.12 bits per heavy atom. The van der Waals surface area contributed by atoms with Crippen LogP contribution in [0, 0.1) is 5.92 Å². The Kier molecular flexibility index (Phi) is 4.05. The lowest BCUT2D eigenvalue weighted by atomic mass is 9.84. The van der Waals surface area contributed by atoms with Crippen molar-refractivity contribution in [2.24, 2.45) is 11.7 Å². The molecule has 4 nitrogen and oxygen atoms in total. The third-order valence-electron chi connectivity index (χ3n) is 4.38. The lowest BCUT2D eigenvalue weighted by Gasteiger charge is -2.41. The van der Waals surface area contributed by atoms with E-state index in [-0.39, 0.29) is 12.0 Å². The van der Waals surface area contributed by atoms with E-state index in [0.29, 0.717) is 18.0 Å². The SMILES string of the molecule is CC1NCCN(C(=O)C2CCCC(N)C2)C1C. The van der Waals surface area contributed by atoms with Crippen LogP contribution in [0.1, 0.15) is 39.5 Å². The van der Waals surface area contributed by atoms with Crippen LogP contribution in [0.2, 0.25) is 0 Å². The van der Waals surface area contributed by atoms with Gasteiger partial charge >= 0.3 is 0 Å². The van der Waals surface area contributed by atoms with E-state index >= 15 is 0 Å². The highest BCUT2D eigenvalue weighted by Gasteiger charge is 2.34. The number of hydrogen-bond donors (Lipinski definition) is 2. The molecule has 3 N–H and O–H groups in total. The van der Waals surface area contributed by atoms with Crippen molar-refractivity contribution in [1.82, 2.24) is 10.2 Å². The summed E-state index contributed by atoms with van der Waals surface area (Å²) in [6, 6.07) is 0.924. The van der Waals surface area contributed by atoms with E-state index < -0.39 is 0 Å². The second-order valence-electron chi connectivity index (χ2n) is 5.64. The highest BCUT2D eigenvalue weighted by molar-refractivity contribution is 5.79. The molecule has 1 saturated carbocycles. The van der Waals surface area contributed by atoms with Crippen molar-refractivity contribution >= 4 is 5.91 Å². The molecule has 0 radical (unpaired) electrons. The quantitative estimate of drug-likeness (QED) is 0.708. The fraction of sp³-hybridized carbons (Fsp3) is 0.923. The smallest absolute Gasteiger partial charge is 0.226 e. The summed E-state index contributed by atoms with van der Waals surface area (Å²) in [7, 11) is 0. The first-order valence-corrected chi connectivity index (χ1v) is 6.89. The molecule has 0 aromatic rings. The molecule has 1 aliphatic carbocycles. The van der Waals surface area contributed by atoms with Crippen molar-refractivity contribution in [1.29, 1.82) is 0 Å². The van der Waals surface area contributed by atoms with Gasteiger partial charge in [-0.15, -0.1) is 0 Å². The average Bonchev–Trinajstić information content (AvgIpc) is 2.32. The number of amides is 1. The fourth-order valence-electron chi connectivity index (χ4n) is 3.05. The second-order valence-corrected chi connectivity index (χ2v) is 5.64. The van der Waals surface area contributed by atoms with E-state index in [9.17, 15) is 4.79 Å². The van der Waals surface area contributed by atoms with Gasteiger partial charge in [0.1, 0.15) is 0 Å². The number of nitrogens with two attached hydrogens (primary N) is 1. The van der Waals surface area contributed by atoms with Crippen molar-refractivity contribution in [3.8, 4) is 0 Å². The molecule has 0 aromatic heterocycles. The minimum atomic E-state index is 0.173. The highest BCUT2D eigenvalue weighted by Crippen LogP contribution is 2.26. The first-order chi connectivity index (χ1) is 8.09. The van der Waals surface area contributed by atoms with Crippen molar-refractivity contribution < 1.29 is 4.79 Å². The number of nitrogens with one attached hydrogen (secondary N) is 1. The van der Waals surface area contributed by atoms with Gasteiger partial charge in [0.15, 0.2) is 0 Å². The largest absolute Gasteiger partial charge is 0.337 e. The highest BCUT2D eigenvalue weighted by atomic mass is 16.2. The zero-order valence-electron chi connectivity index (χ0n) is 11.0. The van der Waals surface area contributed by atoms with Crippen LogP contribution in [0.3, 0.4) is 0 Å². The Bertz CT molecular complexity index is 282. The van der Waals surface area contributed by atoms with Crippen molar-refractivity contribution in [3.63, 3.8) is 0 Å². The van der Waals surface area contributed by atoms with Gasteiger partial charge in [-0.3, -0.25) is 4.79 Å². The van der Waals surface area contributed by atoms with Crippen LogP contribution < -0.4 is 11.1 Å². The molecule has 1 saturated heterocycles.